The quantitative estimate of drug-likeness (QED) is 0.842. The first-order valence-electron chi connectivity index (χ1n) is 6.70. The van der Waals surface area contributed by atoms with E-state index in [0.29, 0.717) is 12.1 Å². The van der Waals surface area contributed by atoms with Crippen LogP contribution in [0.4, 0.5) is 5.69 Å². The van der Waals surface area contributed by atoms with Crippen molar-refractivity contribution in [2.24, 2.45) is 0 Å². The summed E-state index contributed by atoms with van der Waals surface area (Å²) in [5, 5.41) is 0. The topological polar surface area (TPSA) is 69.4 Å². The minimum Gasteiger partial charge on any atom is -0.397 e. The SMILES string of the molecule is Cc1cccc(S(=O)(=O)CCCC2CCCO2)c1N. The van der Waals surface area contributed by atoms with Crippen molar-refractivity contribution in [3.05, 3.63) is 23.8 Å². The van der Waals surface area contributed by atoms with Gasteiger partial charge in [-0.1, -0.05) is 12.1 Å². The van der Waals surface area contributed by atoms with Crippen molar-refractivity contribution in [2.75, 3.05) is 18.1 Å². The van der Waals surface area contributed by atoms with E-state index in [2.05, 4.69) is 0 Å². The molecule has 1 aliphatic rings. The van der Waals surface area contributed by atoms with Crippen molar-refractivity contribution in [1.29, 1.82) is 0 Å². The number of hydrogen-bond donors (Lipinski definition) is 1. The van der Waals surface area contributed by atoms with Crippen LogP contribution in [0.15, 0.2) is 23.1 Å². The largest absolute Gasteiger partial charge is 0.397 e. The highest BCUT2D eigenvalue weighted by Gasteiger charge is 2.20. The highest BCUT2D eigenvalue weighted by molar-refractivity contribution is 7.91. The smallest absolute Gasteiger partial charge is 0.180 e. The van der Waals surface area contributed by atoms with Gasteiger partial charge in [0, 0.05) is 6.61 Å². The monoisotopic (exact) mass is 283 g/mol. The average molecular weight is 283 g/mol. The molecule has 1 saturated heterocycles. The number of rotatable bonds is 5. The lowest BCUT2D eigenvalue weighted by Gasteiger charge is -2.11. The first-order chi connectivity index (χ1) is 9.00. The second kappa shape index (κ2) is 5.92. The Kier molecular flexibility index (Phi) is 4.47. The normalized spacial score (nSPS) is 19.7. The van der Waals surface area contributed by atoms with E-state index in [1.807, 2.05) is 13.0 Å². The number of ether oxygens (including phenoxy) is 1. The molecule has 0 amide bonds. The van der Waals surface area contributed by atoms with Crippen LogP contribution in [0.3, 0.4) is 0 Å². The van der Waals surface area contributed by atoms with Crippen LogP contribution in [0.25, 0.3) is 0 Å². The Labute approximate surface area is 114 Å². The summed E-state index contributed by atoms with van der Waals surface area (Å²) in [4.78, 5) is 0.264. The van der Waals surface area contributed by atoms with Gasteiger partial charge >= 0.3 is 0 Å². The Morgan fingerprint density at radius 2 is 2.21 bits per heavy atom. The molecule has 0 bridgehead atoms. The van der Waals surface area contributed by atoms with Crippen LogP contribution in [-0.2, 0) is 14.6 Å². The number of nitrogen functional groups attached to an aromatic ring is 1. The van der Waals surface area contributed by atoms with E-state index in [1.165, 1.54) is 0 Å². The van der Waals surface area contributed by atoms with Crippen molar-refractivity contribution in [1.82, 2.24) is 0 Å². The molecule has 0 saturated carbocycles. The van der Waals surface area contributed by atoms with Crippen LogP contribution in [0.2, 0.25) is 0 Å². The summed E-state index contributed by atoms with van der Waals surface area (Å²) in [6, 6.07) is 5.14. The molecule has 1 unspecified atom stereocenters. The van der Waals surface area contributed by atoms with Gasteiger partial charge in [0.2, 0.25) is 0 Å². The fourth-order valence-corrected chi connectivity index (χ4v) is 3.96. The fourth-order valence-electron chi connectivity index (χ4n) is 2.41. The molecule has 0 aliphatic carbocycles. The maximum absolute atomic E-state index is 12.3. The number of benzene rings is 1. The van der Waals surface area contributed by atoms with Gasteiger partial charge in [-0.05, 0) is 44.2 Å². The molecule has 5 heteroatoms. The molecule has 0 spiro atoms. The van der Waals surface area contributed by atoms with E-state index < -0.39 is 9.84 Å². The molecule has 1 atom stereocenters. The van der Waals surface area contributed by atoms with Gasteiger partial charge in [-0.15, -0.1) is 0 Å². The fraction of sp³-hybridized carbons (Fsp3) is 0.571. The van der Waals surface area contributed by atoms with E-state index in [4.69, 9.17) is 10.5 Å². The van der Waals surface area contributed by atoms with Crippen LogP contribution < -0.4 is 5.73 Å². The number of hydrogen-bond acceptors (Lipinski definition) is 4. The van der Waals surface area contributed by atoms with Gasteiger partial charge in [-0.3, -0.25) is 0 Å². The predicted molar refractivity (Wildman–Crippen MR) is 75.9 cm³/mol. The van der Waals surface area contributed by atoms with Crippen molar-refractivity contribution in [3.8, 4) is 0 Å². The zero-order valence-corrected chi connectivity index (χ0v) is 12.1. The number of anilines is 1. The number of aryl methyl sites for hydroxylation is 1. The molecule has 4 nitrogen and oxygen atoms in total. The molecule has 1 aromatic carbocycles. The van der Waals surface area contributed by atoms with Gasteiger partial charge in [0.1, 0.15) is 0 Å². The molecule has 0 radical (unpaired) electrons. The Hall–Kier alpha value is -1.07. The average Bonchev–Trinajstić information content (AvgIpc) is 2.85. The molecule has 1 fully saturated rings. The zero-order chi connectivity index (χ0) is 13.9. The van der Waals surface area contributed by atoms with E-state index in [0.717, 1.165) is 31.4 Å². The summed E-state index contributed by atoms with van der Waals surface area (Å²) < 4.78 is 30.0. The number of para-hydroxylation sites is 1. The maximum Gasteiger partial charge on any atom is 0.180 e. The molecule has 19 heavy (non-hydrogen) atoms. The van der Waals surface area contributed by atoms with Crippen LogP contribution in [0, 0.1) is 6.92 Å². The molecular weight excluding hydrogens is 262 g/mol. The minimum absolute atomic E-state index is 0.139. The van der Waals surface area contributed by atoms with Gasteiger partial charge in [0.25, 0.3) is 0 Å². The van der Waals surface area contributed by atoms with Gasteiger partial charge in [-0.25, -0.2) is 8.42 Å². The lowest BCUT2D eigenvalue weighted by atomic mass is 10.1. The third-order valence-electron chi connectivity index (χ3n) is 3.58. The molecule has 1 heterocycles. The lowest BCUT2D eigenvalue weighted by Crippen LogP contribution is -2.13. The summed E-state index contributed by atoms with van der Waals surface area (Å²) in [7, 11) is -3.29. The summed E-state index contributed by atoms with van der Waals surface area (Å²) in [5.41, 5.74) is 7.04. The van der Waals surface area contributed by atoms with Gasteiger partial charge < -0.3 is 10.5 Å². The third-order valence-corrected chi connectivity index (χ3v) is 5.43. The van der Waals surface area contributed by atoms with Crippen LogP contribution in [0.5, 0.6) is 0 Å². The van der Waals surface area contributed by atoms with Gasteiger partial charge in [0.15, 0.2) is 9.84 Å². The molecule has 1 aliphatic heterocycles. The summed E-state index contributed by atoms with van der Waals surface area (Å²) in [5.74, 6) is 0.139. The standard InChI is InChI=1S/C14H21NO3S/c1-11-5-2-8-13(14(11)15)19(16,17)10-4-7-12-6-3-9-18-12/h2,5,8,12H,3-4,6-7,9-10,15H2,1H3. The number of nitrogens with two attached hydrogens (primary N) is 1. The lowest BCUT2D eigenvalue weighted by molar-refractivity contribution is 0.104. The second-order valence-corrected chi connectivity index (χ2v) is 7.16. The molecule has 1 aromatic rings. The Morgan fingerprint density at radius 1 is 1.42 bits per heavy atom. The molecule has 2 rings (SSSR count). The van der Waals surface area contributed by atoms with E-state index >= 15 is 0 Å². The van der Waals surface area contributed by atoms with Gasteiger partial charge in [0.05, 0.1) is 22.4 Å². The van der Waals surface area contributed by atoms with Gasteiger partial charge in [-0.2, -0.15) is 0 Å². The van der Waals surface area contributed by atoms with Crippen LogP contribution >= 0.6 is 0 Å². The molecule has 106 valence electrons. The predicted octanol–water partition coefficient (Wildman–Crippen LogP) is 2.31. The van der Waals surface area contributed by atoms with Crippen molar-refractivity contribution in [2.45, 2.75) is 43.6 Å². The third kappa shape index (κ3) is 3.48. The Balaban J connectivity index is 1.99. The maximum atomic E-state index is 12.3. The first kappa shape index (κ1) is 14.3. The molecular formula is C14H21NO3S. The van der Waals surface area contributed by atoms with Crippen molar-refractivity contribution >= 4 is 15.5 Å². The summed E-state index contributed by atoms with van der Waals surface area (Å²) >= 11 is 0. The highest BCUT2D eigenvalue weighted by Crippen LogP contribution is 2.24. The highest BCUT2D eigenvalue weighted by atomic mass is 32.2. The summed E-state index contributed by atoms with van der Waals surface area (Å²) in [6.45, 7) is 2.63. The Morgan fingerprint density at radius 3 is 2.89 bits per heavy atom. The van der Waals surface area contributed by atoms with Crippen LogP contribution in [-0.4, -0.2) is 26.9 Å². The Bertz CT molecular complexity index is 534. The molecule has 0 aromatic heterocycles. The van der Waals surface area contributed by atoms with E-state index in [-0.39, 0.29) is 16.8 Å². The summed E-state index contributed by atoms with van der Waals surface area (Å²) in [6.07, 6.45) is 3.81. The molecule has 2 N–H and O–H groups in total. The minimum atomic E-state index is -3.29. The van der Waals surface area contributed by atoms with Crippen molar-refractivity contribution in [3.63, 3.8) is 0 Å². The zero-order valence-electron chi connectivity index (χ0n) is 11.3. The van der Waals surface area contributed by atoms with E-state index in [9.17, 15) is 8.42 Å². The first-order valence-corrected chi connectivity index (χ1v) is 8.35. The van der Waals surface area contributed by atoms with Crippen molar-refractivity contribution < 1.29 is 13.2 Å². The number of sulfone groups is 1. The van der Waals surface area contributed by atoms with E-state index in [1.54, 1.807) is 12.1 Å². The second-order valence-electron chi connectivity index (χ2n) is 5.08. The van der Waals surface area contributed by atoms with Crippen LogP contribution in [0.1, 0.15) is 31.2 Å².